The van der Waals surface area contributed by atoms with Crippen LogP contribution < -0.4 is 0 Å². The zero-order chi connectivity index (χ0) is 13.0. The van der Waals surface area contributed by atoms with Crippen LogP contribution in [0.15, 0.2) is 22.7 Å². The van der Waals surface area contributed by atoms with E-state index < -0.39 is 0 Å². The Labute approximate surface area is 120 Å². The van der Waals surface area contributed by atoms with Gasteiger partial charge in [0.2, 0.25) is 0 Å². The Hall–Kier alpha value is -0.580. The normalized spacial score (nSPS) is 11.3. The number of hydrogen-bond acceptors (Lipinski definition) is 2. The van der Waals surface area contributed by atoms with Crippen LogP contribution in [-0.4, -0.2) is 22.8 Å². The van der Waals surface area contributed by atoms with Gasteiger partial charge in [-0.05, 0) is 31.5 Å². The minimum absolute atomic E-state index is 0.431. The first kappa shape index (κ1) is 13.8. The highest BCUT2D eigenvalue weighted by atomic mass is 79.9. The van der Waals surface area contributed by atoms with E-state index in [1.165, 1.54) is 0 Å². The van der Waals surface area contributed by atoms with Gasteiger partial charge in [-0.25, -0.2) is 4.98 Å². The molecule has 0 spiro atoms. The molecule has 1 aromatic heterocycles. The Balaban J connectivity index is 2.23. The lowest BCUT2D eigenvalue weighted by Gasteiger charge is -2.07. The smallest absolute Gasteiger partial charge is 0.124 e. The maximum Gasteiger partial charge on any atom is 0.124 e. The average molecular weight is 332 g/mol. The lowest BCUT2D eigenvalue weighted by atomic mass is 10.3. The van der Waals surface area contributed by atoms with Crippen molar-refractivity contribution in [3.05, 3.63) is 28.5 Å². The fourth-order valence-corrected chi connectivity index (χ4v) is 2.53. The Morgan fingerprint density at radius 2 is 2.28 bits per heavy atom. The summed E-state index contributed by atoms with van der Waals surface area (Å²) in [5, 5.41) is 0. The van der Waals surface area contributed by atoms with Crippen LogP contribution in [0.1, 0.15) is 19.2 Å². The molecule has 0 bridgehead atoms. The molecule has 0 aliphatic heterocycles. The second-order valence-electron chi connectivity index (χ2n) is 4.00. The quantitative estimate of drug-likeness (QED) is 0.591. The Bertz CT molecular complexity index is 527. The molecule has 0 aliphatic rings. The van der Waals surface area contributed by atoms with E-state index in [-0.39, 0.29) is 0 Å². The number of ether oxygens (including phenoxy) is 1. The predicted octanol–water partition coefficient (Wildman–Crippen LogP) is 3.96. The van der Waals surface area contributed by atoms with Gasteiger partial charge in [0.25, 0.3) is 0 Å². The molecule has 0 fully saturated rings. The molecule has 5 heteroatoms. The summed E-state index contributed by atoms with van der Waals surface area (Å²) in [5.74, 6) is 1.35. The summed E-state index contributed by atoms with van der Waals surface area (Å²) < 4.78 is 8.57. The minimum Gasteiger partial charge on any atom is -0.382 e. The van der Waals surface area contributed by atoms with Crippen LogP contribution in [0.25, 0.3) is 11.0 Å². The first-order valence-electron chi connectivity index (χ1n) is 6.04. The monoisotopic (exact) mass is 330 g/mol. The van der Waals surface area contributed by atoms with Crippen LogP contribution >= 0.6 is 27.5 Å². The van der Waals surface area contributed by atoms with E-state index in [4.69, 9.17) is 16.3 Å². The third-order valence-corrected chi connectivity index (χ3v) is 3.52. The SMILES string of the molecule is CCOCCCn1c(CCl)nc2cc(Br)ccc21. The summed E-state index contributed by atoms with van der Waals surface area (Å²) in [6, 6.07) is 6.12. The van der Waals surface area contributed by atoms with Gasteiger partial charge in [0.1, 0.15) is 5.82 Å². The van der Waals surface area contributed by atoms with Gasteiger partial charge in [0.15, 0.2) is 0 Å². The molecule has 0 N–H and O–H groups in total. The summed E-state index contributed by atoms with van der Waals surface area (Å²) in [5.41, 5.74) is 2.11. The molecular weight excluding hydrogens is 316 g/mol. The molecule has 0 amide bonds. The Morgan fingerprint density at radius 1 is 1.44 bits per heavy atom. The third kappa shape index (κ3) is 3.05. The second kappa shape index (κ2) is 6.55. The van der Waals surface area contributed by atoms with E-state index in [0.29, 0.717) is 5.88 Å². The first-order chi connectivity index (χ1) is 8.76. The largest absolute Gasteiger partial charge is 0.382 e. The van der Waals surface area contributed by atoms with Crippen molar-refractivity contribution >= 4 is 38.6 Å². The van der Waals surface area contributed by atoms with Crippen molar-refractivity contribution in [2.75, 3.05) is 13.2 Å². The van der Waals surface area contributed by atoms with Crippen LogP contribution in [-0.2, 0) is 17.2 Å². The molecule has 0 aliphatic carbocycles. The minimum atomic E-state index is 0.431. The van der Waals surface area contributed by atoms with Gasteiger partial charge in [0.05, 0.1) is 16.9 Å². The zero-order valence-corrected chi connectivity index (χ0v) is 12.7. The summed E-state index contributed by atoms with van der Waals surface area (Å²) in [7, 11) is 0. The number of nitrogens with zero attached hydrogens (tertiary/aromatic N) is 2. The van der Waals surface area contributed by atoms with Crippen molar-refractivity contribution in [2.24, 2.45) is 0 Å². The molecule has 0 saturated heterocycles. The van der Waals surface area contributed by atoms with E-state index in [1.807, 2.05) is 19.1 Å². The maximum atomic E-state index is 5.96. The van der Waals surface area contributed by atoms with Crippen molar-refractivity contribution in [1.29, 1.82) is 0 Å². The van der Waals surface area contributed by atoms with Crippen LogP contribution in [0.4, 0.5) is 0 Å². The number of aryl methyl sites for hydroxylation is 1. The number of aromatic nitrogens is 2. The highest BCUT2D eigenvalue weighted by Gasteiger charge is 2.09. The van der Waals surface area contributed by atoms with Gasteiger partial charge in [-0.1, -0.05) is 15.9 Å². The lowest BCUT2D eigenvalue weighted by molar-refractivity contribution is 0.142. The van der Waals surface area contributed by atoms with Crippen LogP contribution in [0.5, 0.6) is 0 Å². The number of imidazole rings is 1. The fourth-order valence-electron chi connectivity index (χ4n) is 1.97. The summed E-state index contributed by atoms with van der Waals surface area (Å²) >= 11 is 9.42. The molecule has 2 rings (SSSR count). The van der Waals surface area contributed by atoms with Crippen molar-refractivity contribution in [3.63, 3.8) is 0 Å². The van der Waals surface area contributed by atoms with E-state index in [2.05, 4.69) is 31.5 Å². The summed E-state index contributed by atoms with van der Waals surface area (Å²) in [6.07, 6.45) is 0.971. The van der Waals surface area contributed by atoms with Gasteiger partial charge in [-0.3, -0.25) is 0 Å². The third-order valence-electron chi connectivity index (χ3n) is 2.78. The first-order valence-corrected chi connectivity index (χ1v) is 7.37. The topological polar surface area (TPSA) is 27.1 Å². The van der Waals surface area contributed by atoms with Crippen LogP contribution in [0, 0.1) is 0 Å². The maximum absolute atomic E-state index is 5.96. The van der Waals surface area contributed by atoms with Crippen molar-refractivity contribution < 1.29 is 4.74 Å². The second-order valence-corrected chi connectivity index (χ2v) is 5.18. The van der Waals surface area contributed by atoms with E-state index in [9.17, 15) is 0 Å². The molecule has 0 unspecified atom stereocenters. The van der Waals surface area contributed by atoms with Crippen LogP contribution in [0.2, 0.25) is 0 Å². The Kier molecular flexibility index (Phi) is 5.03. The molecule has 0 saturated carbocycles. The van der Waals surface area contributed by atoms with Crippen LogP contribution in [0.3, 0.4) is 0 Å². The molecule has 1 aromatic carbocycles. The van der Waals surface area contributed by atoms with Gasteiger partial charge in [0, 0.05) is 24.2 Å². The van der Waals surface area contributed by atoms with Gasteiger partial charge >= 0.3 is 0 Å². The van der Waals surface area contributed by atoms with Crippen molar-refractivity contribution in [2.45, 2.75) is 25.8 Å². The summed E-state index contributed by atoms with van der Waals surface area (Å²) in [4.78, 5) is 4.55. The number of hydrogen-bond donors (Lipinski definition) is 0. The molecule has 3 nitrogen and oxygen atoms in total. The van der Waals surface area contributed by atoms with E-state index in [0.717, 1.165) is 47.5 Å². The number of fused-ring (bicyclic) bond motifs is 1. The van der Waals surface area contributed by atoms with Crippen molar-refractivity contribution in [3.8, 4) is 0 Å². The fraction of sp³-hybridized carbons (Fsp3) is 0.462. The zero-order valence-electron chi connectivity index (χ0n) is 10.3. The standard InChI is InChI=1S/C13H16BrClN2O/c1-2-18-7-3-6-17-12-5-4-10(14)8-11(12)16-13(17)9-15/h4-5,8H,2-3,6-7,9H2,1H3. The molecule has 2 aromatic rings. The molecule has 18 heavy (non-hydrogen) atoms. The highest BCUT2D eigenvalue weighted by molar-refractivity contribution is 9.10. The highest BCUT2D eigenvalue weighted by Crippen LogP contribution is 2.22. The van der Waals surface area contributed by atoms with Gasteiger partial charge in [-0.2, -0.15) is 0 Å². The molecule has 0 radical (unpaired) electrons. The van der Waals surface area contributed by atoms with E-state index in [1.54, 1.807) is 0 Å². The molecular formula is C13H16BrClN2O. The summed E-state index contributed by atoms with van der Waals surface area (Å²) in [6.45, 7) is 4.43. The van der Waals surface area contributed by atoms with E-state index >= 15 is 0 Å². The number of halogens is 2. The molecule has 98 valence electrons. The number of rotatable bonds is 6. The van der Waals surface area contributed by atoms with Gasteiger partial charge in [-0.15, -0.1) is 11.6 Å². The molecule has 1 heterocycles. The van der Waals surface area contributed by atoms with Crippen molar-refractivity contribution in [1.82, 2.24) is 9.55 Å². The molecule has 0 atom stereocenters. The van der Waals surface area contributed by atoms with Gasteiger partial charge < -0.3 is 9.30 Å². The lowest BCUT2D eigenvalue weighted by Crippen LogP contribution is -2.05. The Morgan fingerprint density at radius 3 is 3.00 bits per heavy atom. The number of alkyl halides is 1. The average Bonchev–Trinajstić information content (AvgIpc) is 2.71. The number of benzene rings is 1. The predicted molar refractivity (Wildman–Crippen MR) is 78.1 cm³/mol.